The summed E-state index contributed by atoms with van der Waals surface area (Å²) >= 11 is 6.02. The monoisotopic (exact) mass is 280 g/mol. The van der Waals surface area contributed by atoms with Gasteiger partial charge in [0.15, 0.2) is 0 Å². The summed E-state index contributed by atoms with van der Waals surface area (Å²) in [5, 5.41) is 0.814. The van der Waals surface area contributed by atoms with E-state index in [9.17, 15) is 0 Å². The van der Waals surface area contributed by atoms with Gasteiger partial charge in [-0.15, -0.1) is 0 Å². The highest BCUT2D eigenvalue weighted by molar-refractivity contribution is 6.30. The Morgan fingerprint density at radius 3 is 2.89 bits per heavy atom. The Kier molecular flexibility index (Phi) is 5.26. The molecule has 2 rings (SSSR count). The fourth-order valence-corrected chi connectivity index (χ4v) is 3.36. The molecule has 0 spiro atoms. The highest BCUT2D eigenvalue weighted by Crippen LogP contribution is 2.28. The molecule has 3 atom stereocenters. The molecule has 0 radical (unpaired) electrons. The molecule has 0 bridgehead atoms. The van der Waals surface area contributed by atoms with Crippen molar-refractivity contribution in [1.82, 2.24) is 4.90 Å². The van der Waals surface area contributed by atoms with Crippen molar-refractivity contribution in [3.63, 3.8) is 0 Å². The number of rotatable bonds is 4. The van der Waals surface area contributed by atoms with Crippen LogP contribution in [0.15, 0.2) is 24.3 Å². The lowest BCUT2D eigenvalue weighted by Crippen LogP contribution is -2.41. The zero-order valence-electron chi connectivity index (χ0n) is 12.0. The highest BCUT2D eigenvalue weighted by Gasteiger charge is 2.26. The smallest absolute Gasteiger partial charge is 0.0409 e. The molecule has 1 aliphatic rings. The van der Waals surface area contributed by atoms with Crippen LogP contribution >= 0.6 is 11.6 Å². The van der Waals surface area contributed by atoms with E-state index >= 15 is 0 Å². The Labute approximate surface area is 121 Å². The average molecular weight is 281 g/mol. The first-order valence-corrected chi connectivity index (χ1v) is 7.61. The molecule has 1 saturated carbocycles. The van der Waals surface area contributed by atoms with E-state index in [1.54, 1.807) is 0 Å². The number of nitrogens with zero attached hydrogens (tertiary/aromatic N) is 1. The van der Waals surface area contributed by atoms with Gasteiger partial charge in [-0.25, -0.2) is 0 Å². The molecule has 3 heteroatoms. The molecule has 1 aromatic rings. The van der Waals surface area contributed by atoms with Gasteiger partial charge in [0, 0.05) is 24.2 Å². The van der Waals surface area contributed by atoms with Gasteiger partial charge in [0.2, 0.25) is 0 Å². The Morgan fingerprint density at radius 1 is 1.37 bits per heavy atom. The SMILES string of the molecule is CC1CCC(N)C(CN(C)Cc2cccc(Cl)c2)C1. The first-order chi connectivity index (χ1) is 9.04. The number of benzene rings is 1. The average Bonchev–Trinajstić information content (AvgIpc) is 2.34. The van der Waals surface area contributed by atoms with Gasteiger partial charge in [-0.1, -0.05) is 30.7 Å². The van der Waals surface area contributed by atoms with Crippen molar-refractivity contribution in [1.29, 1.82) is 0 Å². The van der Waals surface area contributed by atoms with Crippen molar-refractivity contribution in [2.45, 2.75) is 38.8 Å². The van der Waals surface area contributed by atoms with E-state index in [0.29, 0.717) is 12.0 Å². The van der Waals surface area contributed by atoms with Gasteiger partial charge < -0.3 is 10.6 Å². The van der Waals surface area contributed by atoms with Crippen LogP contribution < -0.4 is 5.73 Å². The van der Waals surface area contributed by atoms with Crippen molar-refractivity contribution in [2.75, 3.05) is 13.6 Å². The van der Waals surface area contributed by atoms with E-state index in [1.807, 2.05) is 18.2 Å². The summed E-state index contributed by atoms with van der Waals surface area (Å²) < 4.78 is 0. The standard InChI is InChI=1S/C16H25ClN2/c1-12-6-7-16(18)14(8-12)11-19(2)10-13-4-3-5-15(17)9-13/h3-5,9,12,14,16H,6-8,10-11,18H2,1-2H3. The van der Waals surface area contributed by atoms with Crippen LogP contribution in [0.4, 0.5) is 0 Å². The van der Waals surface area contributed by atoms with Gasteiger partial charge in [-0.3, -0.25) is 0 Å². The van der Waals surface area contributed by atoms with Crippen molar-refractivity contribution in [3.05, 3.63) is 34.9 Å². The summed E-state index contributed by atoms with van der Waals surface area (Å²) in [6, 6.07) is 8.48. The van der Waals surface area contributed by atoms with Crippen molar-refractivity contribution < 1.29 is 0 Å². The minimum Gasteiger partial charge on any atom is -0.327 e. The minimum atomic E-state index is 0.373. The first kappa shape index (κ1) is 14.8. The van der Waals surface area contributed by atoms with Crippen LogP contribution in [0.5, 0.6) is 0 Å². The maximum atomic E-state index is 6.26. The zero-order chi connectivity index (χ0) is 13.8. The molecule has 0 aromatic heterocycles. The summed E-state index contributed by atoms with van der Waals surface area (Å²) in [6.07, 6.45) is 3.73. The Morgan fingerprint density at radius 2 is 2.16 bits per heavy atom. The lowest BCUT2D eigenvalue weighted by Gasteiger charge is -2.35. The molecule has 0 saturated heterocycles. The van der Waals surface area contributed by atoms with Gasteiger partial charge in [0.25, 0.3) is 0 Å². The molecule has 0 heterocycles. The summed E-state index contributed by atoms with van der Waals surface area (Å²) in [5.41, 5.74) is 7.53. The molecule has 1 aromatic carbocycles. The molecule has 1 fully saturated rings. The third-order valence-electron chi connectivity index (χ3n) is 4.19. The lowest BCUT2D eigenvalue weighted by atomic mass is 9.79. The maximum Gasteiger partial charge on any atom is 0.0409 e. The highest BCUT2D eigenvalue weighted by atomic mass is 35.5. The first-order valence-electron chi connectivity index (χ1n) is 7.23. The molecule has 1 aliphatic carbocycles. The second-order valence-electron chi connectivity index (χ2n) is 6.17. The predicted molar refractivity (Wildman–Crippen MR) is 82.3 cm³/mol. The second kappa shape index (κ2) is 6.74. The van der Waals surface area contributed by atoms with Crippen LogP contribution in [-0.2, 0) is 6.54 Å². The predicted octanol–water partition coefficient (Wildman–Crippen LogP) is 3.54. The molecule has 19 heavy (non-hydrogen) atoms. The van der Waals surface area contributed by atoms with E-state index in [1.165, 1.54) is 24.8 Å². The molecule has 3 unspecified atom stereocenters. The summed E-state index contributed by atoms with van der Waals surface area (Å²) in [5.74, 6) is 1.46. The normalized spacial score (nSPS) is 27.7. The van der Waals surface area contributed by atoms with E-state index in [-0.39, 0.29) is 0 Å². The van der Waals surface area contributed by atoms with Crippen molar-refractivity contribution in [2.24, 2.45) is 17.6 Å². The topological polar surface area (TPSA) is 29.3 Å². The fraction of sp³-hybridized carbons (Fsp3) is 0.625. The number of hydrogen-bond acceptors (Lipinski definition) is 2. The molecular formula is C16H25ClN2. The van der Waals surface area contributed by atoms with Crippen molar-refractivity contribution in [3.8, 4) is 0 Å². The zero-order valence-corrected chi connectivity index (χ0v) is 12.7. The molecule has 2 nitrogen and oxygen atoms in total. The molecule has 2 N–H and O–H groups in total. The number of halogens is 1. The van der Waals surface area contributed by atoms with Crippen LogP contribution in [0.2, 0.25) is 5.02 Å². The van der Waals surface area contributed by atoms with Crippen LogP contribution in [0.3, 0.4) is 0 Å². The van der Waals surface area contributed by atoms with Gasteiger partial charge >= 0.3 is 0 Å². The number of nitrogens with two attached hydrogens (primary N) is 1. The van der Waals surface area contributed by atoms with Gasteiger partial charge in [-0.05, 0) is 55.8 Å². The molecular weight excluding hydrogens is 256 g/mol. The van der Waals surface area contributed by atoms with Crippen LogP contribution in [0.25, 0.3) is 0 Å². The van der Waals surface area contributed by atoms with E-state index < -0.39 is 0 Å². The van der Waals surface area contributed by atoms with Crippen molar-refractivity contribution >= 4 is 11.6 Å². The van der Waals surface area contributed by atoms with E-state index in [0.717, 1.165) is 24.0 Å². The van der Waals surface area contributed by atoms with Crippen LogP contribution in [0.1, 0.15) is 31.7 Å². The maximum absolute atomic E-state index is 6.26. The largest absolute Gasteiger partial charge is 0.327 e. The lowest BCUT2D eigenvalue weighted by molar-refractivity contribution is 0.177. The summed E-state index contributed by atoms with van der Waals surface area (Å²) in [7, 11) is 2.17. The summed E-state index contributed by atoms with van der Waals surface area (Å²) in [6.45, 7) is 4.37. The molecule has 0 amide bonds. The third kappa shape index (κ3) is 4.48. The Bertz CT molecular complexity index is 407. The van der Waals surface area contributed by atoms with E-state index in [4.69, 9.17) is 17.3 Å². The second-order valence-corrected chi connectivity index (χ2v) is 6.61. The Hall–Kier alpha value is -0.570. The van der Waals surface area contributed by atoms with Gasteiger partial charge in [0.1, 0.15) is 0 Å². The fourth-order valence-electron chi connectivity index (χ4n) is 3.14. The summed E-state index contributed by atoms with van der Waals surface area (Å²) in [4.78, 5) is 2.37. The quantitative estimate of drug-likeness (QED) is 0.914. The minimum absolute atomic E-state index is 0.373. The van der Waals surface area contributed by atoms with Crippen LogP contribution in [0, 0.1) is 11.8 Å². The van der Waals surface area contributed by atoms with Crippen LogP contribution in [-0.4, -0.2) is 24.5 Å². The van der Waals surface area contributed by atoms with Gasteiger partial charge in [-0.2, -0.15) is 0 Å². The third-order valence-corrected chi connectivity index (χ3v) is 4.43. The molecule has 106 valence electrons. The molecule has 0 aliphatic heterocycles. The van der Waals surface area contributed by atoms with E-state index in [2.05, 4.69) is 24.9 Å². The van der Waals surface area contributed by atoms with Gasteiger partial charge in [0.05, 0.1) is 0 Å². The Balaban J connectivity index is 1.88. The number of hydrogen-bond donors (Lipinski definition) is 1.